The Kier molecular flexibility index (Phi) is 2.09. The number of hydrogen-bond acceptors (Lipinski definition) is 4. The van der Waals surface area contributed by atoms with E-state index in [1.54, 1.807) is 24.3 Å². The van der Waals surface area contributed by atoms with E-state index in [2.05, 4.69) is 4.98 Å². The van der Waals surface area contributed by atoms with E-state index in [9.17, 15) is 14.9 Å². The molecule has 18 heavy (non-hydrogen) atoms. The third kappa shape index (κ3) is 1.36. The lowest BCUT2D eigenvalue weighted by atomic mass is 10.2. The molecule has 0 fully saturated rings. The number of para-hydroxylation sites is 1. The summed E-state index contributed by atoms with van der Waals surface area (Å²) in [6, 6.07) is 9.57. The van der Waals surface area contributed by atoms with Gasteiger partial charge in [0.05, 0.1) is 15.8 Å². The Bertz CT molecular complexity index is 839. The van der Waals surface area contributed by atoms with Crippen LogP contribution in [0.15, 0.2) is 47.4 Å². The molecule has 6 heteroatoms. The monoisotopic (exact) mass is 241 g/mol. The molecule has 0 spiro atoms. The third-order valence-electron chi connectivity index (χ3n) is 2.72. The summed E-state index contributed by atoms with van der Waals surface area (Å²) >= 11 is 0. The van der Waals surface area contributed by atoms with Crippen LogP contribution in [0.25, 0.3) is 16.6 Å². The van der Waals surface area contributed by atoms with Gasteiger partial charge in [0.1, 0.15) is 0 Å². The van der Waals surface area contributed by atoms with Crippen LogP contribution in [0.3, 0.4) is 0 Å². The average molecular weight is 241 g/mol. The first-order valence-electron chi connectivity index (χ1n) is 5.23. The molecule has 2 heterocycles. The van der Waals surface area contributed by atoms with Crippen LogP contribution in [0.4, 0.5) is 5.69 Å². The lowest BCUT2D eigenvalue weighted by Gasteiger charge is -2.02. The van der Waals surface area contributed by atoms with E-state index in [0.717, 1.165) is 0 Å². The molecular formula is C12H7N3O3. The Hall–Kier alpha value is -2.76. The number of benzene rings is 1. The van der Waals surface area contributed by atoms with Gasteiger partial charge in [-0.05, 0) is 18.2 Å². The Morgan fingerprint density at radius 3 is 2.72 bits per heavy atom. The highest BCUT2D eigenvalue weighted by molar-refractivity contribution is 5.81. The number of pyridine rings is 1. The van der Waals surface area contributed by atoms with Crippen LogP contribution in [-0.4, -0.2) is 14.3 Å². The van der Waals surface area contributed by atoms with Crippen molar-refractivity contribution in [1.29, 1.82) is 0 Å². The number of rotatable bonds is 1. The summed E-state index contributed by atoms with van der Waals surface area (Å²) in [6.07, 6.45) is 1.48. The first-order chi connectivity index (χ1) is 8.68. The molecule has 3 rings (SSSR count). The van der Waals surface area contributed by atoms with Crippen molar-refractivity contribution in [2.24, 2.45) is 0 Å². The zero-order valence-electron chi connectivity index (χ0n) is 9.11. The van der Waals surface area contributed by atoms with Crippen LogP contribution in [0, 0.1) is 10.1 Å². The minimum atomic E-state index is -0.545. The molecule has 0 saturated carbocycles. The summed E-state index contributed by atoms with van der Waals surface area (Å²) in [4.78, 5) is 26.7. The highest BCUT2D eigenvalue weighted by atomic mass is 16.6. The van der Waals surface area contributed by atoms with Gasteiger partial charge in [-0.15, -0.1) is 0 Å². The lowest BCUT2D eigenvalue weighted by Crippen LogP contribution is -2.15. The Balaban J connectivity index is 2.60. The molecule has 0 radical (unpaired) electrons. The zero-order chi connectivity index (χ0) is 12.7. The van der Waals surface area contributed by atoms with Crippen molar-refractivity contribution in [3.8, 4) is 0 Å². The largest absolute Gasteiger partial charge is 0.312 e. The maximum absolute atomic E-state index is 12.2. The second-order valence-corrected chi connectivity index (χ2v) is 3.78. The van der Waals surface area contributed by atoms with Gasteiger partial charge in [0.2, 0.25) is 5.65 Å². The standard InChI is InChI=1S/C12H7N3O3/c16-12-8-4-1-2-5-9(8)13-11-10(15(17)18)6-3-7-14(11)12/h1-7H. The van der Waals surface area contributed by atoms with E-state index in [1.165, 1.54) is 22.7 Å². The van der Waals surface area contributed by atoms with Crippen molar-refractivity contribution in [1.82, 2.24) is 9.38 Å². The molecule has 88 valence electrons. The average Bonchev–Trinajstić information content (AvgIpc) is 2.38. The van der Waals surface area contributed by atoms with E-state index in [0.29, 0.717) is 10.9 Å². The molecule has 0 saturated heterocycles. The van der Waals surface area contributed by atoms with Crippen LogP contribution in [0.5, 0.6) is 0 Å². The van der Waals surface area contributed by atoms with E-state index >= 15 is 0 Å². The predicted octanol–water partition coefficient (Wildman–Crippen LogP) is 1.76. The maximum atomic E-state index is 12.2. The number of aromatic nitrogens is 2. The van der Waals surface area contributed by atoms with Gasteiger partial charge >= 0.3 is 5.69 Å². The topological polar surface area (TPSA) is 77.5 Å². The Labute approximate surface area is 100 Å². The normalized spacial score (nSPS) is 10.9. The van der Waals surface area contributed by atoms with Gasteiger partial charge in [0.25, 0.3) is 5.56 Å². The smallest absolute Gasteiger partial charge is 0.268 e. The van der Waals surface area contributed by atoms with Crippen molar-refractivity contribution in [2.45, 2.75) is 0 Å². The fraction of sp³-hybridized carbons (Fsp3) is 0. The van der Waals surface area contributed by atoms with Gasteiger partial charge in [0, 0.05) is 12.3 Å². The lowest BCUT2D eigenvalue weighted by molar-refractivity contribution is -0.383. The molecule has 2 aromatic heterocycles. The number of fused-ring (bicyclic) bond motifs is 2. The molecular weight excluding hydrogens is 234 g/mol. The molecule has 0 amide bonds. The van der Waals surface area contributed by atoms with Gasteiger partial charge in [-0.25, -0.2) is 4.98 Å². The maximum Gasteiger partial charge on any atom is 0.312 e. The van der Waals surface area contributed by atoms with Gasteiger partial charge in [-0.1, -0.05) is 12.1 Å². The van der Waals surface area contributed by atoms with Crippen molar-refractivity contribution >= 4 is 22.2 Å². The van der Waals surface area contributed by atoms with Gasteiger partial charge in [0.15, 0.2) is 0 Å². The number of nitrogens with zero attached hydrogens (tertiary/aromatic N) is 3. The number of nitro groups is 1. The summed E-state index contributed by atoms with van der Waals surface area (Å²) in [5.41, 5.74) is 0.0302. The van der Waals surface area contributed by atoms with Crippen molar-refractivity contribution < 1.29 is 4.92 Å². The fourth-order valence-corrected chi connectivity index (χ4v) is 1.90. The summed E-state index contributed by atoms with van der Waals surface area (Å²) in [6.45, 7) is 0. The number of hydrogen-bond donors (Lipinski definition) is 0. The molecule has 6 nitrogen and oxygen atoms in total. The van der Waals surface area contributed by atoms with Crippen LogP contribution in [-0.2, 0) is 0 Å². The molecule has 0 atom stereocenters. The van der Waals surface area contributed by atoms with E-state index < -0.39 is 4.92 Å². The molecule has 0 bridgehead atoms. The third-order valence-corrected chi connectivity index (χ3v) is 2.72. The molecule has 3 aromatic rings. The minimum Gasteiger partial charge on any atom is -0.268 e. The first kappa shape index (κ1) is 10.4. The molecule has 0 unspecified atom stereocenters. The predicted molar refractivity (Wildman–Crippen MR) is 65.6 cm³/mol. The van der Waals surface area contributed by atoms with Crippen molar-refractivity contribution in [2.75, 3.05) is 0 Å². The highest BCUT2D eigenvalue weighted by Crippen LogP contribution is 2.18. The van der Waals surface area contributed by atoms with E-state index in [-0.39, 0.29) is 16.9 Å². The van der Waals surface area contributed by atoms with E-state index in [4.69, 9.17) is 0 Å². The molecule has 0 aliphatic heterocycles. The van der Waals surface area contributed by atoms with Gasteiger partial charge < -0.3 is 0 Å². The summed E-state index contributed by atoms with van der Waals surface area (Å²) < 4.78 is 1.19. The van der Waals surface area contributed by atoms with Gasteiger partial charge in [-0.3, -0.25) is 19.3 Å². The second kappa shape index (κ2) is 3.63. The van der Waals surface area contributed by atoms with Crippen LogP contribution in [0.1, 0.15) is 0 Å². The summed E-state index contributed by atoms with van der Waals surface area (Å²) in [7, 11) is 0. The van der Waals surface area contributed by atoms with E-state index in [1.807, 2.05) is 0 Å². The first-order valence-corrected chi connectivity index (χ1v) is 5.23. The molecule has 1 aromatic carbocycles. The van der Waals surface area contributed by atoms with Crippen LogP contribution in [0.2, 0.25) is 0 Å². The quantitative estimate of drug-likeness (QED) is 0.369. The second-order valence-electron chi connectivity index (χ2n) is 3.78. The van der Waals surface area contributed by atoms with Crippen LogP contribution >= 0.6 is 0 Å². The Morgan fingerprint density at radius 2 is 1.94 bits per heavy atom. The van der Waals surface area contributed by atoms with Crippen molar-refractivity contribution in [3.05, 3.63) is 63.1 Å². The van der Waals surface area contributed by atoms with Crippen molar-refractivity contribution in [3.63, 3.8) is 0 Å². The Morgan fingerprint density at radius 1 is 1.17 bits per heavy atom. The highest BCUT2D eigenvalue weighted by Gasteiger charge is 2.15. The summed E-state index contributed by atoms with van der Waals surface area (Å²) in [5, 5.41) is 11.4. The SMILES string of the molecule is O=c1c2ccccc2nc2c([N+](=O)[O-])cccn12. The molecule has 0 aliphatic rings. The summed E-state index contributed by atoms with van der Waals surface area (Å²) in [5.74, 6) is 0. The van der Waals surface area contributed by atoms with Crippen LogP contribution < -0.4 is 5.56 Å². The molecule has 0 aliphatic carbocycles. The minimum absolute atomic E-state index is 0.0613. The fourth-order valence-electron chi connectivity index (χ4n) is 1.90. The molecule has 0 N–H and O–H groups in total. The van der Waals surface area contributed by atoms with Gasteiger partial charge in [-0.2, -0.15) is 0 Å². The zero-order valence-corrected chi connectivity index (χ0v) is 9.11.